The van der Waals surface area contributed by atoms with Crippen LogP contribution in [0.4, 0.5) is 17.5 Å². The van der Waals surface area contributed by atoms with Crippen LogP contribution in [0.15, 0.2) is 18.3 Å². The van der Waals surface area contributed by atoms with Gasteiger partial charge in [-0.2, -0.15) is 4.98 Å². The molecule has 2 aliphatic rings. The van der Waals surface area contributed by atoms with Gasteiger partial charge in [0, 0.05) is 17.6 Å². The van der Waals surface area contributed by atoms with Gasteiger partial charge in [-0.05, 0) is 70.4 Å². The van der Waals surface area contributed by atoms with Gasteiger partial charge in [0.1, 0.15) is 10.8 Å². The van der Waals surface area contributed by atoms with Crippen molar-refractivity contribution in [2.24, 2.45) is 0 Å². The molecule has 8 nitrogen and oxygen atoms in total. The van der Waals surface area contributed by atoms with Gasteiger partial charge in [-0.15, -0.1) is 0 Å². The Labute approximate surface area is 206 Å². The van der Waals surface area contributed by atoms with Crippen molar-refractivity contribution in [3.05, 3.63) is 34.5 Å². The minimum absolute atomic E-state index is 0.0707. The standard InChI is InChI=1S/C25H35ClN6O2/c1-16-13-21(22(34-3)14-19(16)24(33)29-18-9-11-32(2)12-10-18)30-25-27-15-20(26)23(31-25)28-17-7-5-4-6-8-17/h13-15,17-18H,4-12H2,1-3H3,(H,29,33)(H2,27,28,30,31). The average Bonchev–Trinajstić information content (AvgIpc) is 2.83. The Morgan fingerprint density at radius 2 is 1.85 bits per heavy atom. The SMILES string of the molecule is COc1cc(C(=O)NC2CCN(C)CC2)c(C)cc1Nc1ncc(Cl)c(NC2CCCCC2)n1. The summed E-state index contributed by atoms with van der Waals surface area (Å²) >= 11 is 6.36. The topological polar surface area (TPSA) is 91.4 Å². The zero-order chi connectivity index (χ0) is 24.1. The molecule has 0 atom stereocenters. The minimum atomic E-state index is -0.0707. The summed E-state index contributed by atoms with van der Waals surface area (Å²) < 4.78 is 5.60. The lowest BCUT2D eigenvalue weighted by Gasteiger charge is -2.29. The molecule has 0 spiro atoms. The lowest BCUT2D eigenvalue weighted by atomic mass is 9.95. The zero-order valence-electron chi connectivity index (χ0n) is 20.3. The van der Waals surface area contributed by atoms with Crippen LogP contribution < -0.4 is 20.7 Å². The fourth-order valence-electron chi connectivity index (χ4n) is 4.70. The molecule has 1 aromatic heterocycles. The van der Waals surface area contributed by atoms with Gasteiger partial charge in [0.25, 0.3) is 5.91 Å². The number of carbonyl (C=O) groups excluding carboxylic acids is 1. The van der Waals surface area contributed by atoms with Crippen molar-refractivity contribution >= 4 is 35.0 Å². The zero-order valence-corrected chi connectivity index (χ0v) is 21.0. The van der Waals surface area contributed by atoms with Gasteiger partial charge in [0.15, 0.2) is 5.82 Å². The monoisotopic (exact) mass is 486 g/mol. The van der Waals surface area contributed by atoms with E-state index in [0.29, 0.717) is 39.8 Å². The molecule has 2 aromatic rings. The van der Waals surface area contributed by atoms with Crippen LogP contribution in [-0.2, 0) is 0 Å². The smallest absolute Gasteiger partial charge is 0.251 e. The molecular weight excluding hydrogens is 452 g/mol. The van der Waals surface area contributed by atoms with Crippen molar-refractivity contribution in [2.45, 2.75) is 64.0 Å². The largest absolute Gasteiger partial charge is 0.495 e. The lowest BCUT2D eigenvalue weighted by molar-refractivity contribution is 0.0916. The molecule has 1 amide bonds. The van der Waals surface area contributed by atoms with E-state index in [2.05, 4.69) is 37.9 Å². The molecular formula is C25H35ClN6O2. The molecule has 1 aliphatic carbocycles. The first kappa shape index (κ1) is 24.5. The number of piperidine rings is 1. The fourth-order valence-corrected chi connectivity index (χ4v) is 4.85. The van der Waals surface area contributed by atoms with Crippen LogP contribution in [0.5, 0.6) is 5.75 Å². The van der Waals surface area contributed by atoms with Crippen LogP contribution in [-0.4, -0.2) is 60.1 Å². The second-order valence-corrected chi connectivity index (χ2v) is 9.82. The predicted octanol–water partition coefficient (Wildman–Crippen LogP) is 4.76. The molecule has 3 N–H and O–H groups in total. The van der Waals surface area contributed by atoms with Gasteiger partial charge in [0.2, 0.25) is 5.95 Å². The van der Waals surface area contributed by atoms with E-state index in [4.69, 9.17) is 16.3 Å². The van der Waals surface area contributed by atoms with E-state index in [-0.39, 0.29) is 11.9 Å². The number of aryl methyl sites for hydroxylation is 1. The number of hydrogen-bond acceptors (Lipinski definition) is 7. The second-order valence-electron chi connectivity index (χ2n) is 9.41. The molecule has 1 saturated heterocycles. The summed E-state index contributed by atoms with van der Waals surface area (Å²) in [6.07, 6.45) is 9.50. The van der Waals surface area contributed by atoms with Crippen molar-refractivity contribution in [1.82, 2.24) is 20.2 Å². The Morgan fingerprint density at radius 1 is 1.12 bits per heavy atom. The third-order valence-corrected chi connectivity index (χ3v) is 7.06. The summed E-state index contributed by atoms with van der Waals surface area (Å²) in [6, 6.07) is 4.26. The number of nitrogens with zero attached hydrogens (tertiary/aromatic N) is 3. The first-order chi connectivity index (χ1) is 16.4. The number of likely N-dealkylation sites (tertiary alicyclic amines) is 1. The van der Waals surface area contributed by atoms with E-state index >= 15 is 0 Å². The summed E-state index contributed by atoms with van der Waals surface area (Å²) in [5, 5.41) is 10.4. The second kappa shape index (κ2) is 11.2. The molecule has 1 aliphatic heterocycles. The van der Waals surface area contributed by atoms with E-state index in [1.807, 2.05) is 13.0 Å². The van der Waals surface area contributed by atoms with Crippen LogP contribution in [0, 0.1) is 6.92 Å². The molecule has 9 heteroatoms. The predicted molar refractivity (Wildman–Crippen MR) is 137 cm³/mol. The molecule has 1 saturated carbocycles. The van der Waals surface area contributed by atoms with Crippen molar-refractivity contribution in [3.8, 4) is 5.75 Å². The molecule has 2 heterocycles. The van der Waals surface area contributed by atoms with Crippen LogP contribution in [0.1, 0.15) is 60.9 Å². The number of hydrogen-bond donors (Lipinski definition) is 3. The molecule has 2 fully saturated rings. The van der Waals surface area contributed by atoms with Gasteiger partial charge < -0.3 is 25.6 Å². The molecule has 0 bridgehead atoms. The number of aromatic nitrogens is 2. The fraction of sp³-hybridized carbons (Fsp3) is 0.560. The van der Waals surface area contributed by atoms with Crippen molar-refractivity contribution < 1.29 is 9.53 Å². The number of methoxy groups -OCH3 is 1. The summed E-state index contributed by atoms with van der Waals surface area (Å²) in [5.74, 6) is 1.54. The first-order valence-corrected chi connectivity index (χ1v) is 12.5. The lowest BCUT2D eigenvalue weighted by Crippen LogP contribution is -2.43. The number of carbonyl (C=O) groups is 1. The van der Waals surface area contributed by atoms with Crippen molar-refractivity contribution in [2.75, 3.05) is 37.9 Å². The molecule has 184 valence electrons. The normalized spacial score (nSPS) is 17.9. The minimum Gasteiger partial charge on any atom is -0.495 e. The number of amides is 1. The number of nitrogens with one attached hydrogen (secondary N) is 3. The van der Waals surface area contributed by atoms with Crippen LogP contribution >= 0.6 is 11.6 Å². The molecule has 1 aromatic carbocycles. The van der Waals surface area contributed by atoms with Crippen molar-refractivity contribution in [3.63, 3.8) is 0 Å². The van der Waals surface area contributed by atoms with Crippen LogP contribution in [0.3, 0.4) is 0 Å². The Morgan fingerprint density at radius 3 is 2.56 bits per heavy atom. The Hall–Kier alpha value is -2.58. The third-order valence-electron chi connectivity index (χ3n) is 6.78. The summed E-state index contributed by atoms with van der Waals surface area (Å²) in [4.78, 5) is 24.2. The van der Waals surface area contributed by atoms with Gasteiger partial charge in [-0.1, -0.05) is 30.9 Å². The Kier molecular flexibility index (Phi) is 8.11. The first-order valence-electron chi connectivity index (χ1n) is 12.2. The van der Waals surface area contributed by atoms with Crippen molar-refractivity contribution in [1.29, 1.82) is 0 Å². The molecule has 0 radical (unpaired) electrons. The highest BCUT2D eigenvalue weighted by molar-refractivity contribution is 6.32. The van der Waals surface area contributed by atoms with E-state index in [1.54, 1.807) is 19.4 Å². The highest BCUT2D eigenvalue weighted by Crippen LogP contribution is 2.32. The van der Waals surface area contributed by atoms with Crippen LogP contribution in [0.2, 0.25) is 5.02 Å². The maximum atomic E-state index is 13.0. The number of halogens is 1. The molecule has 0 unspecified atom stereocenters. The molecule has 34 heavy (non-hydrogen) atoms. The number of anilines is 3. The highest BCUT2D eigenvalue weighted by Gasteiger charge is 2.22. The number of rotatable bonds is 7. The third kappa shape index (κ3) is 6.10. The number of ether oxygens (including phenoxy) is 1. The summed E-state index contributed by atoms with van der Waals surface area (Å²) in [7, 11) is 3.70. The highest BCUT2D eigenvalue weighted by atomic mass is 35.5. The summed E-state index contributed by atoms with van der Waals surface area (Å²) in [6.45, 7) is 3.91. The summed E-state index contributed by atoms with van der Waals surface area (Å²) in [5.41, 5.74) is 2.16. The van der Waals surface area contributed by atoms with Gasteiger partial charge >= 0.3 is 0 Å². The van der Waals surface area contributed by atoms with Gasteiger partial charge in [-0.3, -0.25) is 4.79 Å². The Balaban J connectivity index is 1.48. The number of benzene rings is 1. The average molecular weight is 487 g/mol. The maximum absolute atomic E-state index is 13.0. The van der Waals surface area contributed by atoms with Gasteiger partial charge in [0.05, 0.1) is 19.0 Å². The molecule has 4 rings (SSSR count). The van der Waals surface area contributed by atoms with E-state index < -0.39 is 0 Å². The van der Waals surface area contributed by atoms with Gasteiger partial charge in [-0.25, -0.2) is 4.98 Å². The Bertz CT molecular complexity index is 1000. The van der Waals surface area contributed by atoms with Crippen LogP contribution in [0.25, 0.3) is 0 Å². The quantitative estimate of drug-likeness (QED) is 0.519. The van der Waals surface area contributed by atoms with E-state index in [9.17, 15) is 4.79 Å². The van der Waals surface area contributed by atoms with E-state index in [1.165, 1.54) is 19.3 Å². The van der Waals surface area contributed by atoms with E-state index in [0.717, 1.165) is 44.3 Å². The maximum Gasteiger partial charge on any atom is 0.251 e.